The van der Waals surface area contributed by atoms with E-state index in [-0.39, 0.29) is 0 Å². The second-order valence-electron chi connectivity index (χ2n) is 4.03. The van der Waals surface area contributed by atoms with Crippen molar-refractivity contribution in [2.75, 3.05) is 0 Å². The van der Waals surface area contributed by atoms with Crippen LogP contribution in [0.15, 0.2) is 46.6 Å². The van der Waals surface area contributed by atoms with Gasteiger partial charge in [0.15, 0.2) is 0 Å². The molecule has 0 unspecified atom stereocenters. The van der Waals surface area contributed by atoms with Gasteiger partial charge in [-0.1, -0.05) is 24.3 Å². The molecule has 0 aromatic rings. The van der Waals surface area contributed by atoms with Crippen molar-refractivity contribution in [1.29, 1.82) is 0 Å². The molecule has 0 radical (unpaired) electrons. The summed E-state index contributed by atoms with van der Waals surface area (Å²) in [5.74, 6) is 0. The molecule has 0 aromatic heterocycles. The molecule has 3 aliphatic rings. The lowest BCUT2D eigenvalue weighted by Gasteiger charge is -2.10. The van der Waals surface area contributed by atoms with Crippen LogP contribution >= 0.6 is 0 Å². The number of hydrogen-bond donors (Lipinski definition) is 0. The molecule has 0 bridgehead atoms. The molecule has 66 valence electrons. The molecule has 0 saturated heterocycles. The van der Waals surface area contributed by atoms with Crippen LogP contribution in [-0.2, 0) is 0 Å². The minimum Gasteiger partial charge on any atom is -0.0801 e. The van der Waals surface area contributed by atoms with E-state index in [1.54, 1.807) is 22.3 Å². The van der Waals surface area contributed by atoms with Crippen LogP contribution in [0.5, 0.6) is 0 Å². The van der Waals surface area contributed by atoms with Gasteiger partial charge in [0, 0.05) is 0 Å². The summed E-state index contributed by atoms with van der Waals surface area (Å²) < 4.78 is 0. The molecule has 3 aliphatic carbocycles. The first-order chi connectivity index (χ1) is 6.45. The van der Waals surface area contributed by atoms with Crippen LogP contribution in [0.25, 0.3) is 0 Å². The van der Waals surface area contributed by atoms with E-state index >= 15 is 0 Å². The molecule has 0 spiro atoms. The predicted octanol–water partition coefficient (Wildman–Crippen LogP) is 3.68. The number of hydrogen-bond acceptors (Lipinski definition) is 0. The van der Waals surface area contributed by atoms with E-state index in [1.165, 1.54) is 32.1 Å². The van der Waals surface area contributed by atoms with Crippen molar-refractivity contribution in [3.05, 3.63) is 46.6 Å². The molecule has 1 fully saturated rings. The van der Waals surface area contributed by atoms with Crippen molar-refractivity contribution in [2.24, 2.45) is 0 Å². The highest BCUT2D eigenvalue weighted by Crippen LogP contribution is 2.44. The Balaban J connectivity index is 2.12. The molecule has 13 heavy (non-hydrogen) atoms. The van der Waals surface area contributed by atoms with Gasteiger partial charge in [0.1, 0.15) is 0 Å². The largest absolute Gasteiger partial charge is 0.0801 e. The summed E-state index contributed by atoms with van der Waals surface area (Å²) in [6.07, 6.45) is 15.9. The Labute approximate surface area is 79.3 Å². The molecule has 0 N–H and O–H groups in total. The number of allylic oxidation sites excluding steroid dienone is 8. The second kappa shape index (κ2) is 2.73. The topological polar surface area (TPSA) is 0 Å². The fourth-order valence-corrected chi connectivity index (χ4v) is 2.56. The molecule has 0 heteroatoms. The molecule has 0 amide bonds. The lowest BCUT2D eigenvalue weighted by atomic mass is 9.95. The summed E-state index contributed by atoms with van der Waals surface area (Å²) in [6, 6.07) is 0. The van der Waals surface area contributed by atoms with Gasteiger partial charge in [0.2, 0.25) is 0 Å². The van der Waals surface area contributed by atoms with E-state index in [4.69, 9.17) is 0 Å². The van der Waals surface area contributed by atoms with Crippen molar-refractivity contribution in [2.45, 2.75) is 32.1 Å². The van der Waals surface area contributed by atoms with E-state index < -0.39 is 0 Å². The molecule has 1 saturated carbocycles. The first kappa shape index (κ1) is 7.37. The molecule has 0 nitrogen and oxygen atoms in total. The maximum absolute atomic E-state index is 2.43. The Morgan fingerprint density at radius 2 is 1.08 bits per heavy atom. The van der Waals surface area contributed by atoms with Gasteiger partial charge in [-0.3, -0.25) is 0 Å². The molecule has 0 aliphatic heterocycles. The van der Waals surface area contributed by atoms with Gasteiger partial charge in [-0.25, -0.2) is 0 Å². The average molecular weight is 170 g/mol. The zero-order valence-electron chi connectivity index (χ0n) is 7.84. The molecular weight excluding hydrogens is 156 g/mol. The molecular formula is C13H14. The average Bonchev–Trinajstić information content (AvgIpc) is 2.56. The van der Waals surface area contributed by atoms with Crippen LogP contribution in [0, 0.1) is 0 Å². The van der Waals surface area contributed by atoms with Crippen molar-refractivity contribution < 1.29 is 0 Å². The normalized spacial score (nSPS) is 25.2. The summed E-state index contributed by atoms with van der Waals surface area (Å²) in [4.78, 5) is 0. The second-order valence-corrected chi connectivity index (χ2v) is 4.03. The SMILES string of the molecule is C1=C2CC3=CCCC=C3C2=CCC1. The van der Waals surface area contributed by atoms with Gasteiger partial charge in [0.05, 0.1) is 0 Å². The third-order valence-corrected chi connectivity index (χ3v) is 3.17. The van der Waals surface area contributed by atoms with Crippen LogP contribution in [0.4, 0.5) is 0 Å². The Hall–Kier alpha value is -1.04. The van der Waals surface area contributed by atoms with Crippen LogP contribution in [0.3, 0.4) is 0 Å². The minimum absolute atomic E-state index is 1.21. The van der Waals surface area contributed by atoms with Gasteiger partial charge < -0.3 is 0 Å². The highest BCUT2D eigenvalue weighted by molar-refractivity contribution is 5.65. The Morgan fingerprint density at radius 3 is 1.62 bits per heavy atom. The third kappa shape index (κ3) is 1.05. The summed E-state index contributed by atoms with van der Waals surface area (Å²) in [5, 5.41) is 0. The first-order valence-corrected chi connectivity index (χ1v) is 5.24. The highest BCUT2D eigenvalue weighted by Gasteiger charge is 2.25. The van der Waals surface area contributed by atoms with Crippen molar-refractivity contribution in [3.8, 4) is 0 Å². The van der Waals surface area contributed by atoms with Crippen molar-refractivity contribution in [3.63, 3.8) is 0 Å². The summed E-state index contributed by atoms with van der Waals surface area (Å²) in [5.41, 5.74) is 6.28. The number of rotatable bonds is 0. The maximum atomic E-state index is 2.43. The lowest BCUT2D eigenvalue weighted by Crippen LogP contribution is -1.90. The van der Waals surface area contributed by atoms with E-state index in [9.17, 15) is 0 Å². The van der Waals surface area contributed by atoms with Crippen LogP contribution in [0.1, 0.15) is 32.1 Å². The van der Waals surface area contributed by atoms with E-state index in [2.05, 4.69) is 24.3 Å². The molecule has 3 rings (SSSR count). The highest BCUT2D eigenvalue weighted by atomic mass is 14.3. The summed E-state index contributed by atoms with van der Waals surface area (Å²) in [6.45, 7) is 0. The van der Waals surface area contributed by atoms with E-state index in [1.807, 2.05) is 0 Å². The number of fused-ring (bicyclic) bond motifs is 3. The Morgan fingerprint density at radius 1 is 0.615 bits per heavy atom. The monoisotopic (exact) mass is 170 g/mol. The molecule has 0 aromatic carbocycles. The van der Waals surface area contributed by atoms with Crippen LogP contribution < -0.4 is 0 Å². The van der Waals surface area contributed by atoms with E-state index in [0.29, 0.717) is 0 Å². The quantitative estimate of drug-likeness (QED) is 0.520. The zero-order valence-corrected chi connectivity index (χ0v) is 7.84. The first-order valence-electron chi connectivity index (χ1n) is 5.24. The lowest BCUT2D eigenvalue weighted by molar-refractivity contribution is 0.997. The van der Waals surface area contributed by atoms with Gasteiger partial charge in [-0.05, 0) is 54.4 Å². The Kier molecular flexibility index (Phi) is 1.55. The van der Waals surface area contributed by atoms with Crippen LogP contribution in [-0.4, -0.2) is 0 Å². The summed E-state index contributed by atoms with van der Waals surface area (Å²) >= 11 is 0. The predicted molar refractivity (Wildman–Crippen MR) is 55.4 cm³/mol. The third-order valence-electron chi connectivity index (χ3n) is 3.17. The van der Waals surface area contributed by atoms with Gasteiger partial charge >= 0.3 is 0 Å². The van der Waals surface area contributed by atoms with Gasteiger partial charge in [0.25, 0.3) is 0 Å². The van der Waals surface area contributed by atoms with E-state index in [0.717, 1.165) is 0 Å². The fourth-order valence-electron chi connectivity index (χ4n) is 2.56. The smallest absolute Gasteiger partial charge is 0.00200 e. The Bertz CT molecular complexity index is 325. The fraction of sp³-hybridized carbons (Fsp3) is 0.385. The molecule has 0 heterocycles. The minimum atomic E-state index is 1.21. The zero-order chi connectivity index (χ0) is 8.67. The maximum Gasteiger partial charge on any atom is -0.00200 e. The van der Waals surface area contributed by atoms with Gasteiger partial charge in [-0.15, -0.1) is 0 Å². The van der Waals surface area contributed by atoms with Crippen molar-refractivity contribution in [1.82, 2.24) is 0 Å². The van der Waals surface area contributed by atoms with Gasteiger partial charge in [-0.2, -0.15) is 0 Å². The van der Waals surface area contributed by atoms with Crippen LogP contribution in [0.2, 0.25) is 0 Å². The standard InChI is InChI=1S/C13H14/c1-3-7-12-10(5-1)9-11-6-2-4-8-13(11)12/h5-8H,1-4,9H2. The summed E-state index contributed by atoms with van der Waals surface area (Å²) in [7, 11) is 0. The molecule has 0 atom stereocenters. The van der Waals surface area contributed by atoms with Crippen molar-refractivity contribution >= 4 is 0 Å².